The van der Waals surface area contributed by atoms with E-state index in [4.69, 9.17) is 10.8 Å². The molecule has 3 atom stereocenters. The van der Waals surface area contributed by atoms with Crippen molar-refractivity contribution >= 4 is 17.8 Å². The fraction of sp³-hybridized carbons (Fsp3) is 0.471. The molecule has 0 unspecified atom stereocenters. The first-order valence-electron chi connectivity index (χ1n) is 8.18. The van der Waals surface area contributed by atoms with Crippen LogP contribution in [0.1, 0.15) is 18.4 Å². The molecule has 0 bridgehead atoms. The lowest BCUT2D eigenvalue weighted by molar-refractivity contribution is -0.144. The van der Waals surface area contributed by atoms with Crippen LogP contribution >= 0.6 is 0 Å². The van der Waals surface area contributed by atoms with Crippen molar-refractivity contribution in [2.75, 3.05) is 13.2 Å². The van der Waals surface area contributed by atoms with Gasteiger partial charge in [-0.2, -0.15) is 0 Å². The fourth-order valence-corrected chi connectivity index (χ4v) is 2.91. The van der Waals surface area contributed by atoms with Gasteiger partial charge >= 0.3 is 5.97 Å². The van der Waals surface area contributed by atoms with Gasteiger partial charge < -0.3 is 26.2 Å². The monoisotopic (exact) mass is 349 g/mol. The van der Waals surface area contributed by atoms with E-state index >= 15 is 0 Å². The van der Waals surface area contributed by atoms with Gasteiger partial charge in [-0.1, -0.05) is 30.3 Å². The highest BCUT2D eigenvalue weighted by Crippen LogP contribution is 2.18. The first-order chi connectivity index (χ1) is 11.9. The summed E-state index contributed by atoms with van der Waals surface area (Å²) in [4.78, 5) is 37.4. The van der Waals surface area contributed by atoms with E-state index in [-0.39, 0.29) is 6.42 Å². The SMILES string of the molecule is N[C@@H](CO)C(=O)N1CCC[C@H]1C(=O)N[C@H](Cc1ccccc1)C(=O)O. The van der Waals surface area contributed by atoms with Crippen molar-refractivity contribution in [2.24, 2.45) is 5.73 Å². The maximum atomic E-state index is 12.5. The molecule has 1 aromatic carbocycles. The van der Waals surface area contributed by atoms with Crippen molar-refractivity contribution in [3.63, 3.8) is 0 Å². The average molecular weight is 349 g/mol. The van der Waals surface area contributed by atoms with Crippen LogP contribution in [0.2, 0.25) is 0 Å². The van der Waals surface area contributed by atoms with Crippen LogP contribution in [-0.4, -0.2) is 64.2 Å². The second kappa shape index (κ2) is 8.59. The number of amides is 2. The Bertz CT molecular complexity index is 622. The zero-order valence-electron chi connectivity index (χ0n) is 13.8. The van der Waals surface area contributed by atoms with Crippen molar-refractivity contribution in [1.82, 2.24) is 10.2 Å². The molecule has 1 aliphatic rings. The largest absolute Gasteiger partial charge is 0.480 e. The molecule has 0 saturated carbocycles. The van der Waals surface area contributed by atoms with Gasteiger partial charge in [0.05, 0.1) is 6.61 Å². The number of aliphatic hydroxyl groups excluding tert-OH is 1. The van der Waals surface area contributed by atoms with Crippen molar-refractivity contribution in [1.29, 1.82) is 0 Å². The second-order valence-corrected chi connectivity index (χ2v) is 6.07. The third kappa shape index (κ3) is 4.77. The van der Waals surface area contributed by atoms with E-state index in [0.29, 0.717) is 19.4 Å². The number of carbonyl (C=O) groups excluding carboxylic acids is 2. The minimum atomic E-state index is -1.14. The standard InChI is InChI=1S/C17H23N3O5/c18-12(10-21)16(23)20-8-4-7-14(20)15(22)19-13(17(24)25)9-11-5-2-1-3-6-11/h1-3,5-6,12-14,21H,4,7-10,18H2,(H,19,22)(H,24,25)/t12-,13+,14-/m0/s1. The normalized spacial score (nSPS) is 19.3. The fourth-order valence-electron chi connectivity index (χ4n) is 2.91. The van der Waals surface area contributed by atoms with E-state index in [2.05, 4.69) is 5.32 Å². The van der Waals surface area contributed by atoms with Crippen molar-refractivity contribution in [3.05, 3.63) is 35.9 Å². The summed E-state index contributed by atoms with van der Waals surface area (Å²) in [6, 6.07) is 6.06. The number of rotatable bonds is 7. The molecule has 2 amide bonds. The lowest BCUT2D eigenvalue weighted by Gasteiger charge is -2.27. The van der Waals surface area contributed by atoms with Crippen LogP contribution in [0.4, 0.5) is 0 Å². The van der Waals surface area contributed by atoms with Crippen LogP contribution < -0.4 is 11.1 Å². The van der Waals surface area contributed by atoms with Crippen molar-refractivity contribution in [3.8, 4) is 0 Å². The lowest BCUT2D eigenvalue weighted by atomic mass is 10.1. The number of likely N-dealkylation sites (tertiary alicyclic amines) is 1. The van der Waals surface area contributed by atoms with Crippen LogP contribution in [0.5, 0.6) is 0 Å². The number of benzene rings is 1. The molecule has 25 heavy (non-hydrogen) atoms. The number of hydrogen-bond donors (Lipinski definition) is 4. The Morgan fingerprint density at radius 3 is 2.56 bits per heavy atom. The Morgan fingerprint density at radius 2 is 1.96 bits per heavy atom. The molecule has 8 nitrogen and oxygen atoms in total. The molecule has 136 valence electrons. The Hall–Kier alpha value is -2.45. The van der Waals surface area contributed by atoms with Crippen LogP contribution in [0.25, 0.3) is 0 Å². The molecular weight excluding hydrogens is 326 g/mol. The number of carboxylic acid groups (broad SMARTS) is 1. The Labute approximate surface area is 145 Å². The Kier molecular flexibility index (Phi) is 6.49. The molecule has 2 rings (SSSR count). The molecule has 1 aliphatic heterocycles. The highest BCUT2D eigenvalue weighted by atomic mass is 16.4. The molecular formula is C17H23N3O5. The average Bonchev–Trinajstić information content (AvgIpc) is 3.10. The van der Waals surface area contributed by atoms with E-state index in [9.17, 15) is 19.5 Å². The van der Waals surface area contributed by atoms with Gasteiger partial charge in [0.1, 0.15) is 18.1 Å². The molecule has 1 saturated heterocycles. The lowest BCUT2D eigenvalue weighted by Crippen LogP contribution is -2.54. The highest BCUT2D eigenvalue weighted by Gasteiger charge is 2.37. The van der Waals surface area contributed by atoms with Gasteiger partial charge in [-0.15, -0.1) is 0 Å². The number of nitrogens with one attached hydrogen (secondary N) is 1. The zero-order valence-corrected chi connectivity index (χ0v) is 13.8. The van der Waals surface area contributed by atoms with Gasteiger partial charge in [-0.3, -0.25) is 9.59 Å². The summed E-state index contributed by atoms with van der Waals surface area (Å²) < 4.78 is 0. The number of nitrogens with two attached hydrogens (primary N) is 1. The molecule has 8 heteroatoms. The first-order valence-corrected chi connectivity index (χ1v) is 8.18. The van der Waals surface area contributed by atoms with Crippen molar-refractivity contribution < 1.29 is 24.6 Å². The minimum absolute atomic E-state index is 0.152. The Balaban J connectivity index is 2.04. The summed E-state index contributed by atoms with van der Waals surface area (Å²) in [7, 11) is 0. The number of nitrogens with zero attached hydrogens (tertiary/aromatic N) is 1. The van der Waals surface area contributed by atoms with Gasteiger partial charge in [0, 0.05) is 13.0 Å². The summed E-state index contributed by atoms with van der Waals surface area (Å²) in [5, 5.41) is 20.9. The molecule has 0 radical (unpaired) electrons. The maximum absolute atomic E-state index is 12.5. The molecule has 0 aromatic heterocycles. The molecule has 0 spiro atoms. The van der Waals surface area contributed by atoms with Crippen LogP contribution in [0, 0.1) is 0 Å². The maximum Gasteiger partial charge on any atom is 0.326 e. The van der Waals surface area contributed by atoms with E-state index in [1.54, 1.807) is 24.3 Å². The summed E-state index contributed by atoms with van der Waals surface area (Å²) in [5.74, 6) is -2.16. The van der Waals surface area contributed by atoms with E-state index in [0.717, 1.165) is 5.56 Å². The van der Waals surface area contributed by atoms with Crippen LogP contribution in [-0.2, 0) is 20.8 Å². The summed E-state index contributed by atoms with van der Waals surface area (Å²) >= 11 is 0. The number of aliphatic carboxylic acids is 1. The summed E-state index contributed by atoms with van der Waals surface area (Å²) in [6.45, 7) is -0.142. The molecule has 1 aromatic rings. The topological polar surface area (TPSA) is 133 Å². The quantitative estimate of drug-likeness (QED) is 0.505. The second-order valence-electron chi connectivity index (χ2n) is 6.07. The van der Waals surface area contributed by atoms with Gasteiger partial charge in [0.25, 0.3) is 0 Å². The summed E-state index contributed by atoms with van der Waals surface area (Å²) in [6.07, 6.45) is 1.21. The molecule has 1 fully saturated rings. The number of carboxylic acids is 1. The molecule has 0 aliphatic carbocycles. The highest BCUT2D eigenvalue weighted by molar-refractivity contribution is 5.92. The number of aliphatic hydroxyl groups is 1. The first kappa shape index (κ1) is 18.9. The Morgan fingerprint density at radius 1 is 1.28 bits per heavy atom. The van der Waals surface area contributed by atoms with Gasteiger partial charge in [-0.05, 0) is 18.4 Å². The number of hydrogen-bond acceptors (Lipinski definition) is 5. The van der Waals surface area contributed by atoms with Gasteiger partial charge in [0.15, 0.2) is 0 Å². The van der Waals surface area contributed by atoms with E-state index in [1.165, 1.54) is 4.90 Å². The van der Waals surface area contributed by atoms with Crippen LogP contribution in [0.3, 0.4) is 0 Å². The van der Waals surface area contributed by atoms with E-state index in [1.807, 2.05) is 6.07 Å². The predicted octanol–water partition coefficient (Wildman–Crippen LogP) is -0.891. The van der Waals surface area contributed by atoms with Crippen LogP contribution in [0.15, 0.2) is 30.3 Å². The van der Waals surface area contributed by atoms with Crippen molar-refractivity contribution in [2.45, 2.75) is 37.4 Å². The van der Waals surface area contributed by atoms with E-state index < -0.39 is 42.5 Å². The smallest absolute Gasteiger partial charge is 0.326 e. The summed E-state index contributed by atoms with van der Waals surface area (Å²) in [5.41, 5.74) is 6.33. The van der Waals surface area contributed by atoms with Gasteiger partial charge in [-0.25, -0.2) is 4.79 Å². The number of carbonyl (C=O) groups is 3. The van der Waals surface area contributed by atoms with Gasteiger partial charge in [0.2, 0.25) is 11.8 Å². The zero-order chi connectivity index (χ0) is 18.4. The minimum Gasteiger partial charge on any atom is -0.480 e. The molecule has 1 heterocycles. The third-order valence-corrected chi connectivity index (χ3v) is 4.25. The molecule has 5 N–H and O–H groups in total. The third-order valence-electron chi connectivity index (χ3n) is 4.25. The predicted molar refractivity (Wildman–Crippen MR) is 89.5 cm³/mol.